The molecule has 3 N–H and O–H groups in total. The van der Waals surface area contributed by atoms with Gasteiger partial charge in [-0.3, -0.25) is 4.79 Å². The summed E-state index contributed by atoms with van der Waals surface area (Å²) in [6.07, 6.45) is 1.85. The maximum atomic E-state index is 13.5. The molecule has 1 heterocycles. The molecule has 0 aliphatic rings. The van der Waals surface area contributed by atoms with Gasteiger partial charge >= 0.3 is 0 Å². The fourth-order valence-corrected chi connectivity index (χ4v) is 2.68. The predicted molar refractivity (Wildman–Crippen MR) is 84.0 cm³/mol. The Morgan fingerprint density at radius 1 is 1.43 bits per heavy atom. The van der Waals surface area contributed by atoms with Gasteiger partial charge in [-0.25, -0.2) is 9.37 Å². The molecule has 4 nitrogen and oxygen atoms in total. The monoisotopic (exact) mass is 325 g/mol. The molecule has 1 amide bonds. The first-order chi connectivity index (χ1) is 10.1. The molecule has 0 unspecified atom stereocenters. The van der Waals surface area contributed by atoms with Crippen LogP contribution in [0.25, 0.3) is 0 Å². The quantitative estimate of drug-likeness (QED) is 0.651. The maximum Gasteiger partial charge on any atom is 0.225 e. The lowest BCUT2D eigenvalue weighted by Crippen LogP contribution is -2.13. The summed E-state index contributed by atoms with van der Waals surface area (Å²) in [4.78, 5) is 15.9. The van der Waals surface area contributed by atoms with E-state index in [1.165, 1.54) is 30.0 Å². The lowest BCUT2D eigenvalue weighted by Gasteiger charge is -2.07. The summed E-state index contributed by atoms with van der Waals surface area (Å²) in [7, 11) is 0. The van der Waals surface area contributed by atoms with Crippen molar-refractivity contribution < 1.29 is 9.18 Å². The topological polar surface area (TPSA) is 68.0 Å². The van der Waals surface area contributed by atoms with Gasteiger partial charge in [-0.15, -0.1) is 11.8 Å². The predicted octanol–water partition coefficient (Wildman–Crippen LogP) is 3.58. The second kappa shape index (κ2) is 7.28. The zero-order valence-electron chi connectivity index (χ0n) is 11.0. The zero-order valence-corrected chi connectivity index (χ0v) is 12.5. The van der Waals surface area contributed by atoms with E-state index in [9.17, 15) is 9.18 Å². The second-order valence-corrected chi connectivity index (χ2v) is 5.67. The molecule has 0 saturated carbocycles. The fraction of sp³-hybridized carbons (Fsp3) is 0.143. The summed E-state index contributed by atoms with van der Waals surface area (Å²) in [6, 6.07) is 7.51. The SMILES string of the molecule is Nc1ccc(F)c(NC(=O)CCSc2ncccc2Cl)c1. The third-order valence-corrected chi connectivity index (χ3v) is 3.98. The van der Waals surface area contributed by atoms with Crippen molar-refractivity contribution in [1.82, 2.24) is 4.98 Å². The number of hydrogen-bond donors (Lipinski definition) is 2. The standard InChI is InChI=1S/C14H13ClFN3OS/c15-10-2-1-6-18-14(10)21-7-5-13(20)19-12-8-9(17)3-4-11(12)16/h1-4,6,8H,5,7,17H2,(H,19,20). The summed E-state index contributed by atoms with van der Waals surface area (Å²) in [5.41, 5.74) is 6.03. The minimum atomic E-state index is -0.516. The first-order valence-corrected chi connectivity index (χ1v) is 7.51. The van der Waals surface area contributed by atoms with Crippen LogP contribution in [-0.2, 0) is 4.79 Å². The smallest absolute Gasteiger partial charge is 0.225 e. The van der Waals surface area contributed by atoms with Crippen molar-refractivity contribution in [3.05, 3.63) is 47.4 Å². The average Bonchev–Trinajstić information content (AvgIpc) is 2.45. The van der Waals surface area contributed by atoms with Crippen molar-refractivity contribution in [3.8, 4) is 0 Å². The largest absolute Gasteiger partial charge is 0.399 e. The van der Waals surface area contributed by atoms with E-state index in [1.54, 1.807) is 18.3 Å². The Balaban J connectivity index is 1.85. The summed E-state index contributed by atoms with van der Waals surface area (Å²) in [5.74, 6) is -0.316. The van der Waals surface area contributed by atoms with Gasteiger partial charge in [0.05, 0.1) is 10.7 Å². The Morgan fingerprint density at radius 2 is 2.24 bits per heavy atom. The van der Waals surface area contributed by atoms with Crippen LogP contribution in [0.1, 0.15) is 6.42 Å². The molecule has 0 radical (unpaired) electrons. The molecule has 7 heteroatoms. The van der Waals surface area contributed by atoms with Crippen LogP contribution in [0.5, 0.6) is 0 Å². The molecule has 1 aromatic heterocycles. The number of nitrogen functional groups attached to an aromatic ring is 1. The highest BCUT2D eigenvalue weighted by Gasteiger charge is 2.08. The molecule has 110 valence electrons. The number of benzene rings is 1. The van der Waals surface area contributed by atoms with Gasteiger partial charge in [0.15, 0.2) is 0 Å². The van der Waals surface area contributed by atoms with Gasteiger partial charge in [0.2, 0.25) is 5.91 Å². The van der Waals surface area contributed by atoms with Crippen LogP contribution in [0.3, 0.4) is 0 Å². The minimum absolute atomic E-state index is 0.0841. The third kappa shape index (κ3) is 4.61. The van der Waals surface area contributed by atoms with Crippen molar-refractivity contribution >= 4 is 40.6 Å². The van der Waals surface area contributed by atoms with Crippen LogP contribution in [0, 0.1) is 5.82 Å². The Kier molecular flexibility index (Phi) is 5.41. The number of carbonyl (C=O) groups is 1. The molecule has 1 aromatic carbocycles. The molecular formula is C14H13ClFN3OS. The van der Waals surface area contributed by atoms with Crippen molar-refractivity contribution in [3.63, 3.8) is 0 Å². The Morgan fingerprint density at radius 3 is 3.00 bits per heavy atom. The van der Waals surface area contributed by atoms with Gasteiger partial charge < -0.3 is 11.1 Å². The van der Waals surface area contributed by atoms with Crippen LogP contribution < -0.4 is 11.1 Å². The van der Waals surface area contributed by atoms with Crippen molar-refractivity contribution in [2.75, 3.05) is 16.8 Å². The number of rotatable bonds is 5. The highest BCUT2D eigenvalue weighted by Crippen LogP contribution is 2.24. The molecule has 0 spiro atoms. The van der Waals surface area contributed by atoms with Gasteiger partial charge in [-0.1, -0.05) is 11.6 Å². The number of nitrogens with one attached hydrogen (secondary N) is 1. The van der Waals surface area contributed by atoms with Crippen molar-refractivity contribution in [2.45, 2.75) is 11.4 Å². The lowest BCUT2D eigenvalue weighted by molar-refractivity contribution is -0.115. The summed E-state index contributed by atoms with van der Waals surface area (Å²) in [5, 5.41) is 3.71. The average molecular weight is 326 g/mol. The van der Waals surface area contributed by atoms with Gasteiger partial charge in [0, 0.05) is 24.1 Å². The number of aromatic nitrogens is 1. The zero-order chi connectivity index (χ0) is 15.2. The number of pyridine rings is 1. The van der Waals surface area contributed by atoms with Crippen molar-refractivity contribution in [1.29, 1.82) is 0 Å². The minimum Gasteiger partial charge on any atom is -0.399 e. The van der Waals surface area contributed by atoms with E-state index in [1.807, 2.05) is 0 Å². The van der Waals surface area contributed by atoms with Crippen LogP contribution in [-0.4, -0.2) is 16.6 Å². The maximum absolute atomic E-state index is 13.5. The fourth-order valence-electron chi connectivity index (χ4n) is 1.57. The first-order valence-electron chi connectivity index (χ1n) is 6.14. The lowest BCUT2D eigenvalue weighted by atomic mass is 10.2. The number of nitrogens with two attached hydrogens (primary N) is 1. The van der Waals surface area contributed by atoms with E-state index in [4.69, 9.17) is 17.3 Å². The molecule has 0 atom stereocenters. The number of nitrogens with zero attached hydrogens (tertiary/aromatic N) is 1. The molecular weight excluding hydrogens is 313 g/mol. The van der Waals surface area contributed by atoms with E-state index < -0.39 is 5.82 Å². The number of thioether (sulfide) groups is 1. The summed E-state index contributed by atoms with van der Waals surface area (Å²) >= 11 is 7.33. The number of carbonyl (C=O) groups excluding carboxylic acids is 1. The van der Waals surface area contributed by atoms with Crippen LogP contribution in [0.2, 0.25) is 5.02 Å². The molecule has 0 saturated heterocycles. The molecule has 0 fully saturated rings. The van der Waals surface area contributed by atoms with E-state index in [0.29, 0.717) is 21.5 Å². The summed E-state index contributed by atoms with van der Waals surface area (Å²) < 4.78 is 13.5. The number of amides is 1. The Bertz CT molecular complexity index is 654. The van der Waals surface area contributed by atoms with E-state index >= 15 is 0 Å². The third-order valence-electron chi connectivity index (χ3n) is 2.56. The van der Waals surface area contributed by atoms with Gasteiger partial charge in [0.25, 0.3) is 0 Å². The van der Waals surface area contributed by atoms with Crippen LogP contribution in [0.4, 0.5) is 15.8 Å². The normalized spacial score (nSPS) is 10.4. The molecule has 0 bridgehead atoms. The molecule has 2 aromatic rings. The molecule has 0 aliphatic carbocycles. The van der Waals surface area contributed by atoms with Gasteiger partial charge in [-0.05, 0) is 30.3 Å². The Hall–Kier alpha value is -1.79. The molecule has 0 aliphatic heterocycles. The van der Waals surface area contributed by atoms with Crippen molar-refractivity contribution in [2.24, 2.45) is 0 Å². The number of anilines is 2. The van der Waals surface area contributed by atoms with Gasteiger partial charge in [0.1, 0.15) is 10.8 Å². The summed E-state index contributed by atoms with van der Waals surface area (Å²) in [6.45, 7) is 0. The van der Waals surface area contributed by atoms with E-state index in [-0.39, 0.29) is 18.0 Å². The number of halogens is 2. The molecule has 21 heavy (non-hydrogen) atoms. The first kappa shape index (κ1) is 15.6. The van der Waals surface area contributed by atoms with Crippen LogP contribution >= 0.6 is 23.4 Å². The highest BCUT2D eigenvalue weighted by atomic mass is 35.5. The second-order valence-electron chi connectivity index (χ2n) is 4.18. The van der Waals surface area contributed by atoms with Crippen LogP contribution in [0.15, 0.2) is 41.6 Å². The number of hydrogen-bond acceptors (Lipinski definition) is 4. The highest BCUT2D eigenvalue weighted by molar-refractivity contribution is 7.99. The van der Waals surface area contributed by atoms with E-state index in [2.05, 4.69) is 10.3 Å². The van der Waals surface area contributed by atoms with Gasteiger partial charge in [-0.2, -0.15) is 0 Å². The molecule has 2 rings (SSSR count). The van der Waals surface area contributed by atoms with E-state index in [0.717, 1.165) is 0 Å². The Labute approximate surface area is 130 Å².